The van der Waals surface area contributed by atoms with Gasteiger partial charge < -0.3 is 19.7 Å². The number of benzene rings is 2. The fraction of sp³-hybridized carbons (Fsp3) is 0.250. The Hall–Kier alpha value is -3.56. The van der Waals surface area contributed by atoms with E-state index in [4.69, 9.17) is 9.52 Å². The molecule has 3 aromatic rings. The summed E-state index contributed by atoms with van der Waals surface area (Å²) in [6, 6.07) is 11.7. The van der Waals surface area contributed by atoms with E-state index in [9.17, 15) is 18.0 Å². The van der Waals surface area contributed by atoms with Crippen LogP contribution in [-0.4, -0.2) is 39.9 Å². The van der Waals surface area contributed by atoms with Crippen molar-refractivity contribution in [1.29, 1.82) is 0 Å². The molecule has 1 atom stereocenters. The van der Waals surface area contributed by atoms with Crippen LogP contribution in [0.3, 0.4) is 0 Å². The number of amides is 1. The maximum Gasteiger partial charge on any atom is 0.416 e. The van der Waals surface area contributed by atoms with Gasteiger partial charge in [0, 0.05) is 19.3 Å². The number of alkyl halides is 3. The van der Waals surface area contributed by atoms with Gasteiger partial charge in [-0.15, -0.1) is 10.2 Å². The summed E-state index contributed by atoms with van der Waals surface area (Å²) in [6.45, 7) is 1.95. The first kappa shape index (κ1) is 21.2. The Labute approximate surface area is 170 Å². The first-order valence-electron chi connectivity index (χ1n) is 8.96. The highest BCUT2D eigenvalue weighted by Crippen LogP contribution is 2.33. The second kappa shape index (κ2) is 8.44. The number of carbonyl (C=O) groups is 1. The summed E-state index contributed by atoms with van der Waals surface area (Å²) in [6.07, 6.45) is -5.46. The summed E-state index contributed by atoms with van der Waals surface area (Å²) >= 11 is 0. The van der Waals surface area contributed by atoms with Crippen LogP contribution in [0.4, 0.5) is 29.3 Å². The molecule has 7 nitrogen and oxygen atoms in total. The first-order valence-corrected chi connectivity index (χ1v) is 8.96. The van der Waals surface area contributed by atoms with Gasteiger partial charge in [-0.25, -0.2) is 4.79 Å². The van der Waals surface area contributed by atoms with E-state index in [-0.39, 0.29) is 24.2 Å². The van der Waals surface area contributed by atoms with Crippen molar-refractivity contribution in [2.75, 3.05) is 18.9 Å². The molecule has 2 aromatic carbocycles. The summed E-state index contributed by atoms with van der Waals surface area (Å²) in [5.41, 5.74) is 0.868. The van der Waals surface area contributed by atoms with E-state index in [0.29, 0.717) is 16.9 Å². The Bertz CT molecular complexity index is 1020. The summed E-state index contributed by atoms with van der Waals surface area (Å²) in [5, 5.41) is 20.1. The smallest absolute Gasteiger partial charge is 0.416 e. The number of rotatable bonds is 6. The zero-order valence-corrected chi connectivity index (χ0v) is 16.1. The molecule has 158 valence electrons. The topological polar surface area (TPSA) is 91.5 Å². The molecule has 0 bridgehead atoms. The number of hydrogen-bond donors (Lipinski definition) is 2. The van der Waals surface area contributed by atoms with Crippen LogP contribution in [0.2, 0.25) is 0 Å². The van der Waals surface area contributed by atoms with Gasteiger partial charge >= 0.3 is 12.3 Å². The highest BCUT2D eigenvalue weighted by Gasteiger charge is 2.30. The Morgan fingerprint density at radius 2 is 1.83 bits per heavy atom. The van der Waals surface area contributed by atoms with Crippen LogP contribution in [0.5, 0.6) is 0 Å². The predicted octanol–water partition coefficient (Wildman–Crippen LogP) is 5.21. The van der Waals surface area contributed by atoms with Crippen LogP contribution in [-0.2, 0) is 6.18 Å². The van der Waals surface area contributed by atoms with Crippen molar-refractivity contribution in [2.24, 2.45) is 0 Å². The molecule has 30 heavy (non-hydrogen) atoms. The number of nitrogens with one attached hydrogen (secondary N) is 1. The number of likely N-dealkylation sites (N-methyl/N-ethyl adjacent to an activating group) is 1. The molecule has 0 radical (unpaired) electrons. The van der Waals surface area contributed by atoms with Gasteiger partial charge in [0.1, 0.15) is 0 Å². The van der Waals surface area contributed by atoms with Gasteiger partial charge in [0.05, 0.1) is 22.7 Å². The van der Waals surface area contributed by atoms with Gasteiger partial charge in [-0.05, 0) is 36.4 Å². The van der Waals surface area contributed by atoms with E-state index in [2.05, 4.69) is 15.5 Å². The zero-order valence-electron chi connectivity index (χ0n) is 16.1. The van der Waals surface area contributed by atoms with E-state index >= 15 is 0 Å². The molecule has 0 aliphatic heterocycles. The number of carboxylic acid groups (broad SMARTS) is 1. The SMILES string of the molecule is CC(CN(C)C(=O)O)c1nnc(-c2ccccc2Nc2ccc(C(F)(F)F)cc2)o1. The van der Waals surface area contributed by atoms with Crippen molar-refractivity contribution in [3.8, 4) is 11.5 Å². The maximum atomic E-state index is 12.7. The van der Waals surface area contributed by atoms with E-state index in [1.54, 1.807) is 31.2 Å². The lowest BCUT2D eigenvalue weighted by Gasteiger charge is -2.15. The fourth-order valence-electron chi connectivity index (χ4n) is 2.79. The van der Waals surface area contributed by atoms with Crippen molar-refractivity contribution in [2.45, 2.75) is 19.0 Å². The van der Waals surface area contributed by atoms with E-state index < -0.39 is 17.8 Å². The maximum absolute atomic E-state index is 12.7. The first-order chi connectivity index (χ1) is 14.1. The molecule has 10 heteroatoms. The zero-order chi connectivity index (χ0) is 21.9. The molecule has 1 heterocycles. The molecular formula is C20H19F3N4O3. The van der Waals surface area contributed by atoms with Crippen molar-refractivity contribution in [3.63, 3.8) is 0 Å². The molecule has 2 N–H and O–H groups in total. The van der Waals surface area contributed by atoms with Crippen LogP contribution in [0.25, 0.3) is 11.5 Å². The summed E-state index contributed by atoms with van der Waals surface area (Å²) in [7, 11) is 1.44. The second-order valence-electron chi connectivity index (χ2n) is 6.76. The average Bonchev–Trinajstić information content (AvgIpc) is 3.18. The van der Waals surface area contributed by atoms with Gasteiger partial charge in [0.2, 0.25) is 11.8 Å². The van der Waals surface area contributed by atoms with Gasteiger partial charge in [0.15, 0.2) is 0 Å². The number of halogens is 3. The predicted molar refractivity (Wildman–Crippen MR) is 104 cm³/mol. The summed E-state index contributed by atoms with van der Waals surface area (Å²) in [5.74, 6) is 0.176. The highest BCUT2D eigenvalue weighted by atomic mass is 19.4. The molecule has 0 fully saturated rings. The Morgan fingerprint density at radius 1 is 1.17 bits per heavy atom. The third-order valence-electron chi connectivity index (χ3n) is 4.39. The third-order valence-corrected chi connectivity index (χ3v) is 4.39. The number of hydrogen-bond acceptors (Lipinski definition) is 5. The van der Waals surface area contributed by atoms with E-state index in [1.165, 1.54) is 19.2 Å². The van der Waals surface area contributed by atoms with Crippen LogP contribution in [0.15, 0.2) is 52.9 Å². The standard InChI is InChI=1S/C20H19F3N4O3/c1-12(11-27(2)19(28)29)17-25-26-18(30-17)15-5-3-4-6-16(15)24-14-9-7-13(8-10-14)20(21,22)23/h3-10,12,24H,11H2,1-2H3,(H,28,29). The van der Waals surface area contributed by atoms with Crippen LogP contribution >= 0.6 is 0 Å². The van der Waals surface area contributed by atoms with Gasteiger partial charge in [-0.2, -0.15) is 13.2 Å². The minimum atomic E-state index is -4.40. The fourth-order valence-corrected chi connectivity index (χ4v) is 2.79. The van der Waals surface area contributed by atoms with Crippen LogP contribution in [0, 0.1) is 0 Å². The molecule has 0 saturated heterocycles. The molecule has 3 rings (SSSR count). The second-order valence-corrected chi connectivity index (χ2v) is 6.76. The Balaban J connectivity index is 1.81. The minimum absolute atomic E-state index is 0.183. The largest absolute Gasteiger partial charge is 0.465 e. The molecule has 1 amide bonds. The molecule has 1 unspecified atom stereocenters. The molecule has 0 aliphatic rings. The molecule has 0 spiro atoms. The van der Waals surface area contributed by atoms with Crippen LogP contribution in [0.1, 0.15) is 24.3 Å². The van der Waals surface area contributed by atoms with Gasteiger partial charge in [-0.1, -0.05) is 19.1 Å². The van der Waals surface area contributed by atoms with Crippen molar-refractivity contribution >= 4 is 17.5 Å². The van der Waals surface area contributed by atoms with E-state index in [1.807, 2.05) is 0 Å². The number of anilines is 2. The van der Waals surface area contributed by atoms with E-state index in [0.717, 1.165) is 17.0 Å². The average molecular weight is 420 g/mol. The number of aromatic nitrogens is 2. The lowest BCUT2D eigenvalue weighted by molar-refractivity contribution is -0.137. The van der Waals surface area contributed by atoms with Crippen molar-refractivity contribution < 1.29 is 27.5 Å². The number of para-hydroxylation sites is 1. The number of nitrogens with zero attached hydrogens (tertiary/aromatic N) is 3. The van der Waals surface area contributed by atoms with Gasteiger partial charge in [-0.3, -0.25) is 0 Å². The van der Waals surface area contributed by atoms with Crippen LogP contribution < -0.4 is 5.32 Å². The monoisotopic (exact) mass is 420 g/mol. The van der Waals surface area contributed by atoms with Gasteiger partial charge in [0.25, 0.3) is 0 Å². The molecular weight excluding hydrogens is 401 g/mol. The summed E-state index contributed by atoms with van der Waals surface area (Å²) in [4.78, 5) is 12.1. The van der Waals surface area contributed by atoms with Crippen molar-refractivity contribution in [1.82, 2.24) is 15.1 Å². The third kappa shape index (κ3) is 4.88. The molecule has 1 aromatic heterocycles. The van der Waals surface area contributed by atoms with Crippen molar-refractivity contribution in [3.05, 3.63) is 60.0 Å². The quantitative estimate of drug-likeness (QED) is 0.569. The Morgan fingerprint density at radius 3 is 2.47 bits per heavy atom. The lowest BCUT2D eigenvalue weighted by Crippen LogP contribution is -2.28. The lowest BCUT2D eigenvalue weighted by atomic mass is 10.1. The highest BCUT2D eigenvalue weighted by molar-refractivity contribution is 5.76. The molecule has 0 saturated carbocycles. The normalized spacial score (nSPS) is 12.4. The Kier molecular flexibility index (Phi) is 5.95. The molecule has 0 aliphatic carbocycles. The minimum Gasteiger partial charge on any atom is -0.465 e. The summed E-state index contributed by atoms with van der Waals surface area (Å²) < 4.78 is 43.9.